The maximum absolute atomic E-state index is 13.9. The number of nitrogen functional groups attached to an aromatic ring is 1. The third-order valence-electron chi connectivity index (χ3n) is 2.84. The maximum atomic E-state index is 13.9. The summed E-state index contributed by atoms with van der Waals surface area (Å²) in [4.78, 5) is 11.3. The minimum atomic E-state index is -0.742. The van der Waals surface area contributed by atoms with Crippen LogP contribution >= 0.6 is 11.6 Å². The number of hydrogen-bond acceptors (Lipinski definition) is 4. The van der Waals surface area contributed by atoms with Crippen molar-refractivity contribution in [2.24, 2.45) is 5.73 Å². The lowest BCUT2D eigenvalue weighted by molar-refractivity contribution is 0.100. The largest absolute Gasteiger partial charge is 0.495 e. The molecule has 21 heavy (non-hydrogen) atoms. The summed E-state index contributed by atoms with van der Waals surface area (Å²) < 4.78 is 19.1. The van der Waals surface area contributed by atoms with Crippen LogP contribution in [0, 0.1) is 5.82 Å². The normalized spacial score (nSPS) is 10.2. The number of nitrogens with one attached hydrogen (secondary N) is 1. The van der Waals surface area contributed by atoms with E-state index in [2.05, 4.69) is 5.32 Å². The fraction of sp³-hybridized carbons (Fsp3) is 0.0714. The molecule has 2 aromatic carbocycles. The van der Waals surface area contributed by atoms with Gasteiger partial charge in [-0.1, -0.05) is 11.6 Å². The molecule has 0 aromatic heterocycles. The molecule has 0 saturated heterocycles. The van der Waals surface area contributed by atoms with Crippen LogP contribution in [0.15, 0.2) is 30.3 Å². The first-order valence-corrected chi connectivity index (χ1v) is 6.29. The van der Waals surface area contributed by atoms with E-state index in [0.717, 1.165) is 6.07 Å². The SMILES string of the molecule is COc1ccc(Cl)cc1Nc1cc(C(N)=O)c(N)cc1F. The molecule has 1 amide bonds. The Bertz CT molecular complexity index is 707. The van der Waals surface area contributed by atoms with Gasteiger partial charge in [0.2, 0.25) is 0 Å². The first kappa shape index (κ1) is 14.9. The third kappa shape index (κ3) is 3.17. The predicted molar refractivity (Wildman–Crippen MR) is 80.6 cm³/mol. The van der Waals surface area contributed by atoms with Crippen LogP contribution in [0.1, 0.15) is 10.4 Å². The summed E-state index contributed by atoms with van der Waals surface area (Å²) in [5, 5.41) is 3.26. The molecule has 0 aliphatic heterocycles. The van der Waals surface area contributed by atoms with E-state index in [1.165, 1.54) is 13.2 Å². The van der Waals surface area contributed by atoms with Crippen molar-refractivity contribution >= 4 is 34.6 Å². The number of methoxy groups -OCH3 is 1. The smallest absolute Gasteiger partial charge is 0.250 e. The lowest BCUT2D eigenvalue weighted by atomic mass is 10.1. The molecule has 2 rings (SSSR count). The highest BCUT2D eigenvalue weighted by Gasteiger charge is 2.13. The van der Waals surface area contributed by atoms with Gasteiger partial charge < -0.3 is 21.5 Å². The Balaban J connectivity index is 2.46. The van der Waals surface area contributed by atoms with E-state index >= 15 is 0 Å². The molecule has 7 heteroatoms. The van der Waals surface area contributed by atoms with Gasteiger partial charge in [-0.05, 0) is 30.3 Å². The number of nitrogens with two attached hydrogens (primary N) is 2. The Morgan fingerprint density at radius 3 is 2.62 bits per heavy atom. The van der Waals surface area contributed by atoms with Crippen molar-refractivity contribution < 1.29 is 13.9 Å². The van der Waals surface area contributed by atoms with Crippen LogP contribution in [-0.4, -0.2) is 13.0 Å². The van der Waals surface area contributed by atoms with Crippen molar-refractivity contribution in [1.29, 1.82) is 0 Å². The second-order valence-corrected chi connectivity index (χ2v) is 4.69. The zero-order valence-electron chi connectivity index (χ0n) is 11.1. The molecule has 110 valence electrons. The highest BCUT2D eigenvalue weighted by atomic mass is 35.5. The molecule has 0 bridgehead atoms. The molecule has 0 spiro atoms. The van der Waals surface area contributed by atoms with Crippen LogP contribution in [0.25, 0.3) is 0 Å². The number of halogens is 2. The topological polar surface area (TPSA) is 90.4 Å². The molecule has 0 aliphatic carbocycles. The number of hydrogen-bond donors (Lipinski definition) is 3. The van der Waals surface area contributed by atoms with E-state index in [0.29, 0.717) is 16.5 Å². The average molecular weight is 310 g/mol. The molecule has 0 saturated carbocycles. The van der Waals surface area contributed by atoms with Crippen LogP contribution in [0.3, 0.4) is 0 Å². The van der Waals surface area contributed by atoms with Gasteiger partial charge >= 0.3 is 0 Å². The Labute approximate surface area is 125 Å². The van der Waals surface area contributed by atoms with Crippen LogP contribution in [0.2, 0.25) is 5.02 Å². The first-order valence-electron chi connectivity index (χ1n) is 5.91. The van der Waals surface area contributed by atoms with Crippen molar-refractivity contribution in [3.8, 4) is 5.75 Å². The van der Waals surface area contributed by atoms with Crippen LogP contribution in [0.5, 0.6) is 5.75 Å². The van der Waals surface area contributed by atoms with Gasteiger partial charge in [0.15, 0.2) is 0 Å². The molecule has 0 atom stereocenters. The van der Waals surface area contributed by atoms with Crippen molar-refractivity contribution in [2.45, 2.75) is 0 Å². The van der Waals surface area contributed by atoms with Crippen LogP contribution < -0.4 is 21.5 Å². The number of benzene rings is 2. The zero-order chi connectivity index (χ0) is 15.6. The molecule has 0 heterocycles. The summed E-state index contributed by atoms with van der Waals surface area (Å²) in [7, 11) is 1.47. The Morgan fingerprint density at radius 1 is 1.29 bits per heavy atom. The van der Waals surface area contributed by atoms with E-state index in [4.69, 9.17) is 27.8 Å². The van der Waals surface area contributed by atoms with E-state index in [1.807, 2.05) is 0 Å². The summed E-state index contributed by atoms with van der Waals surface area (Å²) >= 11 is 5.90. The van der Waals surface area contributed by atoms with E-state index < -0.39 is 11.7 Å². The quantitative estimate of drug-likeness (QED) is 0.757. The van der Waals surface area contributed by atoms with Gasteiger partial charge in [-0.3, -0.25) is 4.79 Å². The van der Waals surface area contributed by atoms with Gasteiger partial charge in [0.25, 0.3) is 5.91 Å². The highest BCUT2D eigenvalue weighted by Crippen LogP contribution is 2.32. The second kappa shape index (κ2) is 5.88. The molecule has 5 N–H and O–H groups in total. The monoisotopic (exact) mass is 309 g/mol. The predicted octanol–water partition coefficient (Wildman–Crippen LogP) is 2.91. The Morgan fingerprint density at radius 2 is 2.00 bits per heavy atom. The van der Waals surface area contributed by atoms with Crippen molar-refractivity contribution in [3.05, 3.63) is 46.7 Å². The number of primary amides is 1. The van der Waals surface area contributed by atoms with E-state index in [1.54, 1.807) is 18.2 Å². The number of rotatable bonds is 4. The van der Waals surface area contributed by atoms with Crippen LogP contribution in [0.4, 0.5) is 21.5 Å². The fourth-order valence-electron chi connectivity index (χ4n) is 1.82. The minimum Gasteiger partial charge on any atom is -0.495 e. The summed E-state index contributed by atoms with van der Waals surface area (Å²) in [5.41, 5.74) is 11.2. The van der Waals surface area contributed by atoms with E-state index in [9.17, 15) is 9.18 Å². The average Bonchev–Trinajstić information content (AvgIpc) is 2.41. The first-order chi connectivity index (χ1) is 9.92. The number of ether oxygens (including phenoxy) is 1. The number of carbonyl (C=O) groups excluding carboxylic acids is 1. The van der Waals surface area contributed by atoms with Gasteiger partial charge in [-0.2, -0.15) is 0 Å². The minimum absolute atomic E-state index is 0.0244. The van der Waals surface area contributed by atoms with Crippen molar-refractivity contribution in [2.75, 3.05) is 18.2 Å². The number of carbonyl (C=O) groups is 1. The highest BCUT2D eigenvalue weighted by molar-refractivity contribution is 6.31. The lowest BCUT2D eigenvalue weighted by Crippen LogP contribution is -2.14. The van der Waals surface area contributed by atoms with Gasteiger partial charge in [-0.25, -0.2) is 4.39 Å². The Kier molecular flexibility index (Phi) is 4.18. The molecule has 0 radical (unpaired) electrons. The van der Waals surface area contributed by atoms with Gasteiger partial charge in [0.1, 0.15) is 11.6 Å². The molecule has 5 nitrogen and oxygen atoms in total. The summed E-state index contributed by atoms with van der Waals surface area (Å²) in [6.45, 7) is 0. The third-order valence-corrected chi connectivity index (χ3v) is 3.07. The Hall–Kier alpha value is -2.47. The lowest BCUT2D eigenvalue weighted by Gasteiger charge is -2.13. The second-order valence-electron chi connectivity index (χ2n) is 4.25. The summed E-state index contributed by atoms with van der Waals surface area (Å²) in [6, 6.07) is 7.11. The molecule has 0 unspecified atom stereocenters. The number of anilines is 3. The zero-order valence-corrected chi connectivity index (χ0v) is 11.9. The van der Waals surface area contributed by atoms with Gasteiger partial charge in [0, 0.05) is 10.7 Å². The maximum Gasteiger partial charge on any atom is 0.250 e. The molecule has 2 aromatic rings. The van der Waals surface area contributed by atoms with Gasteiger partial charge in [-0.15, -0.1) is 0 Å². The van der Waals surface area contributed by atoms with E-state index in [-0.39, 0.29) is 16.9 Å². The fourth-order valence-corrected chi connectivity index (χ4v) is 1.99. The van der Waals surface area contributed by atoms with Gasteiger partial charge in [0.05, 0.1) is 24.0 Å². The van der Waals surface area contributed by atoms with Crippen LogP contribution in [-0.2, 0) is 0 Å². The molecular weight excluding hydrogens is 297 g/mol. The molecule has 0 aliphatic rings. The molecular formula is C14H13ClFN3O2. The van der Waals surface area contributed by atoms with Crippen molar-refractivity contribution in [1.82, 2.24) is 0 Å². The standard InChI is InChI=1S/C14H13ClFN3O2/c1-21-13-3-2-7(15)4-12(13)19-11-5-8(14(18)20)10(17)6-9(11)16/h2-6,19H,17H2,1H3,(H2,18,20). The summed E-state index contributed by atoms with van der Waals surface area (Å²) in [6.07, 6.45) is 0. The summed E-state index contributed by atoms with van der Waals surface area (Å²) in [5.74, 6) is -0.899. The van der Waals surface area contributed by atoms with Crippen molar-refractivity contribution in [3.63, 3.8) is 0 Å². The number of amides is 1. The molecule has 0 fully saturated rings.